The maximum atomic E-state index is 5.54. The molecular formula is C27H35N7O2. The summed E-state index contributed by atoms with van der Waals surface area (Å²) >= 11 is 0. The molecule has 9 nitrogen and oxygen atoms in total. The van der Waals surface area contributed by atoms with Gasteiger partial charge in [0.25, 0.3) is 0 Å². The summed E-state index contributed by atoms with van der Waals surface area (Å²) in [5, 5.41) is 9.20. The second kappa shape index (κ2) is 11.1. The van der Waals surface area contributed by atoms with Gasteiger partial charge in [0.1, 0.15) is 0 Å². The third kappa shape index (κ3) is 5.08. The maximum Gasteiger partial charge on any atom is 0.226 e. The van der Waals surface area contributed by atoms with Crippen molar-refractivity contribution >= 4 is 22.5 Å². The minimum Gasteiger partial charge on any atom is -0.493 e. The average molecular weight is 490 g/mol. The van der Waals surface area contributed by atoms with Gasteiger partial charge in [-0.3, -0.25) is 0 Å². The standard InChI is InChI=1S/C27H35N7O2/c1-4-12-32-14-16-33(17-15-32)13-8-11-28-27-29-22-19-24(36-3)23(35-2)18-21(22)26-30-25(31-34(26)27)20-9-6-5-7-10-20/h5-7,9-10,18-19H,4,8,11-17H2,1-3H3,(H,28,29). The number of nitrogens with one attached hydrogen (secondary N) is 1. The molecule has 0 amide bonds. The van der Waals surface area contributed by atoms with E-state index in [2.05, 4.69) is 22.0 Å². The van der Waals surface area contributed by atoms with E-state index in [-0.39, 0.29) is 0 Å². The first-order valence-electron chi connectivity index (χ1n) is 12.8. The lowest BCUT2D eigenvalue weighted by Crippen LogP contribution is -2.46. The SMILES string of the molecule is CCCN1CCN(CCCNc2nc3cc(OC)c(OC)cc3c3nc(-c4ccccc4)nn23)CC1. The molecule has 0 spiro atoms. The quantitative estimate of drug-likeness (QED) is 0.337. The molecule has 0 atom stereocenters. The molecule has 2 aromatic heterocycles. The van der Waals surface area contributed by atoms with Crippen molar-refractivity contribution in [3.8, 4) is 22.9 Å². The second-order valence-corrected chi connectivity index (χ2v) is 9.16. The molecule has 1 fully saturated rings. The van der Waals surface area contributed by atoms with Gasteiger partial charge in [-0.1, -0.05) is 37.3 Å². The van der Waals surface area contributed by atoms with E-state index in [0.29, 0.717) is 23.3 Å². The van der Waals surface area contributed by atoms with Crippen LogP contribution in [-0.2, 0) is 0 Å². The Hall–Kier alpha value is -3.43. The van der Waals surface area contributed by atoms with E-state index < -0.39 is 0 Å². The molecule has 1 aliphatic rings. The molecule has 190 valence electrons. The Morgan fingerprint density at radius 1 is 0.889 bits per heavy atom. The van der Waals surface area contributed by atoms with Crippen molar-refractivity contribution in [2.75, 3.05) is 65.3 Å². The Kier molecular flexibility index (Phi) is 7.48. The summed E-state index contributed by atoms with van der Waals surface area (Å²) in [5.41, 5.74) is 2.47. The van der Waals surface area contributed by atoms with Gasteiger partial charge in [-0.15, -0.1) is 5.10 Å². The molecule has 5 rings (SSSR count). The van der Waals surface area contributed by atoms with E-state index in [0.717, 1.165) is 54.7 Å². The predicted molar refractivity (Wildman–Crippen MR) is 143 cm³/mol. The zero-order chi connectivity index (χ0) is 24.9. The number of hydrogen-bond donors (Lipinski definition) is 1. The highest BCUT2D eigenvalue weighted by atomic mass is 16.5. The normalized spacial score (nSPS) is 15.0. The molecule has 36 heavy (non-hydrogen) atoms. The number of methoxy groups -OCH3 is 2. The van der Waals surface area contributed by atoms with Crippen molar-refractivity contribution in [3.63, 3.8) is 0 Å². The number of ether oxygens (including phenoxy) is 2. The van der Waals surface area contributed by atoms with E-state index in [1.807, 2.05) is 42.5 Å². The number of anilines is 1. The maximum absolute atomic E-state index is 5.54. The van der Waals surface area contributed by atoms with Gasteiger partial charge in [0, 0.05) is 49.7 Å². The zero-order valence-corrected chi connectivity index (χ0v) is 21.4. The smallest absolute Gasteiger partial charge is 0.226 e. The first kappa shape index (κ1) is 24.3. The van der Waals surface area contributed by atoms with E-state index in [1.165, 1.54) is 26.1 Å². The zero-order valence-electron chi connectivity index (χ0n) is 21.4. The van der Waals surface area contributed by atoms with Crippen LogP contribution in [0, 0.1) is 0 Å². The van der Waals surface area contributed by atoms with Crippen LogP contribution in [0.4, 0.5) is 5.95 Å². The Morgan fingerprint density at radius 2 is 1.58 bits per heavy atom. The van der Waals surface area contributed by atoms with Gasteiger partial charge in [-0.2, -0.15) is 4.52 Å². The Balaban J connectivity index is 1.39. The largest absolute Gasteiger partial charge is 0.493 e. The first-order valence-corrected chi connectivity index (χ1v) is 12.8. The van der Waals surface area contributed by atoms with Gasteiger partial charge < -0.3 is 24.6 Å². The molecule has 1 aliphatic heterocycles. The molecule has 0 aliphatic carbocycles. The van der Waals surface area contributed by atoms with Crippen LogP contribution in [0.15, 0.2) is 42.5 Å². The van der Waals surface area contributed by atoms with Crippen molar-refractivity contribution in [2.45, 2.75) is 19.8 Å². The first-order chi connectivity index (χ1) is 17.7. The fourth-order valence-electron chi connectivity index (χ4n) is 4.81. The molecule has 0 radical (unpaired) electrons. The second-order valence-electron chi connectivity index (χ2n) is 9.16. The number of benzene rings is 2. The Labute approximate surface area is 212 Å². The fourth-order valence-corrected chi connectivity index (χ4v) is 4.81. The summed E-state index contributed by atoms with van der Waals surface area (Å²) in [6.45, 7) is 9.95. The molecule has 2 aromatic carbocycles. The molecule has 0 unspecified atom stereocenters. The predicted octanol–water partition coefficient (Wildman–Crippen LogP) is 3.79. The van der Waals surface area contributed by atoms with Crippen molar-refractivity contribution in [1.82, 2.24) is 29.4 Å². The van der Waals surface area contributed by atoms with E-state index >= 15 is 0 Å². The van der Waals surface area contributed by atoms with Gasteiger partial charge in [0.2, 0.25) is 5.95 Å². The van der Waals surface area contributed by atoms with Gasteiger partial charge in [-0.05, 0) is 32.0 Å². The highest BCUT2D eigenvalue weighted by Gasteiger charge is 2.18. The van der Waals surface area contributed by atoms with Crippen LogP contribution in [0.3, 0.4) is 0 Å². The van der Waals surface area contributed by atoms with E-state index in [1.54, 1.807) is 18.7 Å². The van der Waals surface area contributed by atoms with Crippen molar-refractivity contribution in [1.29, 1.82) is 0 Å². The fraction of sp³-hybridized carbons (Fsp3) is 0.444. The summed E-state index contributed by atoms with van der Waals surface area (Å²) in [7, 11) is 3.27. The third-order valence-corrected chi connectivity index (χ3v) is 6.75. The molecule has 1 N–H and O–H groups in total. The minimum atomic E-state index is 0.637. The third-order valence-electron chi connectivity index (χ3n) is 6.75. The molecule has 9 heteroatoms. The van der Waals surface area contributed by atoms with Crippen LogP contribution >= 0.6 is 0 Å². The van der Waals surface area contributed by atoms with Crippen LogP contribution in [0.2, 0.25) is 0 Å². The lowest BCUT2D eigenvalue weighted by atomic mass is 10.2. The summed E-state index contributed by atoms with van der Waals surface area (Å²) in [5.74, 6) is 2.61. The number of nitrogens with zero attached hydrogens (tertiary/aromatic N) is 6. The molecular weight excluding hydrogens is 454 g/mol. The summed E-state index contributed by atoms with van der Waals surface area (Å²) in [6.07, 6.45) is 2.26. The van der Waals surface area contributed by atoms with E-state index in [4.69, 9.17) is 24.5 Å². The number of rotatable bonds is 10. The van der Waals surface area contributed by atoms with Crippen LogP contribution < -0.4 is 14.8 Å². The van der Waals surface area contributed by atoms with Crippen molar-refractivity contribution < 1.29 is 9.47 Å². The Morgan fingerprint density at radius 3 is 2.28 bits per heavy atom. The highest BCUT2D eigenvalue weighted by molar-refractivity contribution is 5.95. The van der Waals surface area contributed by atoms with Gasteiger partial charge >= 0.3 is 0 Å². The van der Waals surface area contributed by atoms with Crippen LogP contribution in [0.25, 0.3) is 27.9 Å². The average Bonchev–Trinajstić information content (AvgIpc) is 3.38. The van der Waals surface area contributed by atoms with Crippen molar-refractivity contribution in [2.24, 2.45) is 0 Å². The molecule has 0 saturated carbocycles. The number of piperazine rings is 1. The summed E-state index contributed by atoms with van der Waals surface area (Å²) < 4.78 is 12.9. The van der Waals surface area contributed by atoms with Crippen LogP contribution in [0.5, 0.6) is 11.5 Å². The molecule has 3 heterocycles. The lowest BCUT2D eigenvalue weighted by molar-refractivity contribution is 0.132. The molecule has 1 saturated heterocycles. The van der Waals surface area contributed by atoms with Crippen LogP contribution in [-0.4, -0.2) is 89.4 Å². The monoisotopic (exact) mass is 489 g/mol. The number of hydrogen-bond acceptors (Lipinski definition) is 8. The highest BCUT2D eigenvalue weighted by Crippen LogP contribution is 2.34. The molecule has 4 aromatic rings. The van der Waals surface area contributed by atoms with E-state index in [9.17, 15) is 0 Å². The topological polar surface area (TPSA) is 80.0 Å². The van der Waals surface area contributed by atoms with Gasteiger partial charge in [0.15, 0.2) is 23.0 Å². The van der Waals surface area contributed by atoms with Gasteiger partial charge in [-0.25, -0.2) is 9.97 Å². The Bertz CT molecular complexity index is 1300. The van der Waals surface area contributed by atoms with Gasteiger partial charge in [0.05, 0.1) is 19.7 Å². The summed E-state index contributed by atoms with van der Waals surface area (Å²) in [6, 6.07) is 13.8. The lowest BCUT2D eigenvalue weighted by Gasteiger charge is -2.34. The number of aromatic nitrogens is 4. The minimum absolute atomic E-state index is 0.637. The van der Waals surface area contributed by atoms with Crippen LogP contribution in [0.1, 0.15) is 19.8 Å². The molecule has 0 bridgehead atoms. The number of fused-ring (bicyclic) bond motifs is 3. The van der Waals surface area contributed by atoms with Crippen molar-refractivity contribution in [3.05, 3.63) is 42.5 Å². The summed E-state index contributed by atoms with van der Waals surface area (Å²) in [4.78, 5) is 14.9.